The summed E-state index contributed by atoms with van der Waals surface area (Å²) in [6.45, 7) is 8.52. The lowest BCUT2D eigenvalue weighted by Crippen LogP contribution is -2.30. The quantitative estimate of drug-likeness (QED) is 0.280. The summed E-state index contributed by atoms with van der Waals surface area (Å²) in [5, 5.41) is 0. The van der Waals surface area contributed by atoms with E-state index in [9.17, 15) is 4.79 Å². The Hall–Kier alpha value is -1.55. The third-order valence-electron chi connectivity index (χ3n) is 5.47. The summed E-state index contributed by atoms with van der Waals surface area (Å²) in [4.78, 5) is 13.7. The van der Waals surface area contributed by atoms with E-state index in [1.165, 1.54) is 90.1 Å². The minimum absolute atomic E-state index is 0.402. The minimum atomic E-state index is -0.402. The van der Waals surface area contributed by atoms with E-state index in [0.29, 0.717) is 12.2 Å². The highest BCUT2D eigenvalue weighted by Crippen LogP contribution is 2.13. The van der Waals surface area contributed by atoms with E-state index in [4.69, 9.17) is 10.5 Å². The van der Waals surface area contributed by atoms with E-state index in [2.05, 4.69) is 18.7 Å². The number of rotatable bonds is 19. The fourth-order valence-corrected chi connectivity index (χ4v) is 3.57. The van der Waals surface area contributed by atoms with Crippen LogP contribution in [0.2, 0.25) is 0 Å². The number of amides is 1. The summed E-state index contributed by atoms with van der Waals surface area (Å²) in [6, 6.07) is 7.10. The maximum Gasteiger partial charge on any atom is 0.248 e. The third-order valence-corrected chi connectivity index (χ3v) is 5.47. The van der Waals surface area contributed by atoms with Crippen molar-refractivity contribution in [3.05, 3.63) is 29.8 Å². The Kier molecular flexibility index (Phi) is 15.2. The molecule has 0 spiro atoms. The van der Waals surface area contributed by atoms with Gasteiger partial charge in [0, 0.05) is 12.1 Å². The number of carbonyl (C=O) groups excluding carboxylic acids is 1. The Bertz CT molecular complexity index is 500. The first-order valence-electron chi connectivity index (χ1n) is 11.9. The highest BCUT2D eigenvalue weighted by atomic mass is 16.5. The highest BCUT2D eigenvalue weighted by molar-refractivity contribution is 5.92. The molecule has 0 aliphatic heterocycles. The maximum atomic E-state index is 11.2. The van der Waals surface area contributed by atoms with Crippen molar-refractivity contribution < 1.29 is 9.53 Å². The van der Waals surface area contributed by atoms with Crippen molar-refractivity contribution in [3.8, 4) is 5.75 Å². The summed E-state index contributed by atoms with van der Waals surface area (Å²) in [5.41, 5.74) is 5.81. The molecule has 0 fully saturated rings. The zero-order valence-electron chi connectivity index (χ0n) is 19.0. The van der Waals surface area contributed by atoms with Crippen LogP contribution in [0.4, 0.5) is 0 Å². The molecule has 0 saturated carbocycles. The number of nitrogens with two attached hydrogens (primary N) is 1. The van der Waals surface area contributed by atoms with Gasteiger partial charge in [-0.25, -0.2) is 0 Å². The Morgan fingerprint density at radius 3 is 1.72 bits per heavy atom. The van der Waals surface area contributed by atoms with Gasteiger partial charge in [0.2, 0.25) is 5.91 Å². The predicted octanol–water partition coefficient (Wildman–Crippen LogP) is 6.19. The Morgan fingerprint density at radius 1 is 0.759 bits per heavy atom. The molecule has 2 N–H and O–H groups in total. The fourth-order valence-electron chi connectivity index (χ4n) is 3.57. The fraction of sp³-hybridized carbons (Fsp3) is 0.720. The maximum absolute atomic E-state index is 11.2. The van der Waals surface area contributed by atoms with E-state index >= 15 is 0 Å². The van der Waals surface area contributed by atoms with Gasteiger partial charge < -0.3 is 10.5 Å². The Labute approximate surface area is 179 Å². The van der Waals surface area contributed by atoms with Crippen molar-refractivity contribution in [2.45, 2.75) is 90.9 Å². The SMILES string of the molecule is CCCCCCCCN(CCCCCCCC)CCOc1ccc(C(N)=O)cc1. The van der Waals surface area contributed by atoms with Crippen LogP contribution in [0, 0.1) is 0 Å². The molecular weight excluding hydrogens is 360 g/mol. The van der Waals surface area contributed by atoms with Crippen LogP contribution in [0.15, 0.2) is 24.3 Å². The monoisotopic (exact) mass is 404 g/mol. The standard InChI is InChI=1S/C25H44N2O2/c1-3-5-7-9-11-13-19-27(20-14-12-10-8-6-4-2)21-22-29-24-17-15-23(16-18-24)25(26)28/h15-18H,3-14,19-22H2,1-2H3,(H2,26,28). The van der Waals surface area contributed by atoms with E-state index in [0.717, 1.165) is 12.3 Å². The largest absolute Gasteiger partial charge is 0.492 e. The normalized spacial score (nSPS) is 11.1. The second-order valence-electron chi connectivity index (χ2n) is 8.11. The average Bonchev–Trinajstić information content (AvgIpc) is 2.73. The number of nitrogens with zero attached hydrogens (tertiary/aromatic N) is 1. The lowest BCUT2D eigenvalue weighted by atomic mass is 10.1. The van der Waals surface area contributed by atoms with Crippen molar-refractivity contribution in [3.63, 3.8) is 0 Å². The zero-order valence-corrected chi connectivity index (χ0v) is 19.0. The van der Waals surface area contributed by atoms with Crippen molar-refractivity contribution in [2.75, 3.05) is 26.2 Å². The summed E-state index contributed by atoms with van der Waals surface area (Å²) in [7, 11) is 0. The van der Waals surface area contributed by atoms with Crippen LogP contribution in [0.3, 0.4) is 0 Å². The van der Waals surface area contributed by atoms with E-state index in [1.807, 2.05) is 12.1 Å². The van der Waals surface area contributed by atoms with Crippen molar-refractivity contribution in [1.82, 2.24) is 4.90 Å². The molecule has 0 radical (unpaired) electrons. The van der Waals surface area contributed by atoms with Gasteiger partial charge in [0.1, 0.15) is 12.4 Å². The predicted molar refractivity (Wildman–Crippen MR) is 124 cm³/mol. The molecule has 166 valence electrons. The van der Waals surface area contributed by atoms with Crippen LogP contribution >= 0.6 is 0 Å². The minimum Gasteiger partial charge on any atom is -0.492 e. The van der Waals surface area contributed by atoms with Crippen molar-refractivity contribution >= 4 is 5.91 Å². The molecule has 0 bridgehead atoms. The first kappa shape index (κ1) is 25.5. The number of hydrogen-bond donors (Lipinski definition) is 1. The zero-order chi connectivity index (χ0) is 21.2. The van der Waals surface area contributed by atoms with Crippen LogP contribution in [0.5, 0.6) is 5.75 Å². The van der Waals surface area contributed by atoms with Crippen molar-refractivity contribution in [2.24, 2.45) is 5.73 Å². The molecule has 1 aromatic rings. The lowest BCUT2D eigenvalue weighted by molar-refractivity contribution is 0.1000. The van der Waals surface area contributed by atoms with Crippen LogP contribution in [-0.4, -0.2) is 37.0 Å². The van der Waals surface area contributed by atoms with Gasteiger partial charge in [0.15, 0.2) is 0 Å². The van der Waals surface area contributed by atoms with E-state index in [1.54, 1.807) is 12.1 Å². The summed E-state index contributed by atoms with van der Waals surface area (Å²) in [6.07, 6.45) is 16.1. The van der Waals surface area contributed by atoms with E-state index < -0.39 is 5.91 Å². The van der Waals surface area contributed by atoms with E-state index in [-0.39, 0.29) is 0 Å². The molecule has 4 heteroatoms. The number of primary amides is 1. The summed E-state index contributed by atoms with van der Waals surface area (Å²) in [5.74, 6) is 0.398. The molecule has 1 aromatic carbocycles. The molecule has 0 unspecified atom stereocenters. The second kappa shape index (κ2) is 17.3. The molecular formula is C25H44N2O2. The van der Waals surface area contributed by atoms with Gasteiger partial charge in [0.25, 0.3) is 0 Å². The third kappa shape index (κ3) is 13.3. The summed E-state index contributed by atoms with van der Waals surface area (Å²) >= 11 is 0. The van der Waals surface area contributed by atoms with Crippen LogP contribution < -0.4 is 10.5 Å². The molecule has 0 aliphatic carbocycles. The van der Waals surface area contributed by atoms with Crippen molar-refractivity contribution in [1.29, 1.82) is 0 Å². The van der Waals surface area contributed by atoms with Gasteiger partial charge in [0.05, 0.1) is 0 Å². The molecule has 0 heterocycles. The van der Waals surface area contributed by atoms with Crippen LogP contribution in [-0.2, 0) is 0 Å². The smallest absolute Gasteiger partial charge is 0.248 e. The van der Waals surface area contributed by atoms with Crippen LogP contribution in [0.1, 0.15) is 101 Å². The number of carbonyl (C=O) groups is 1. The highest BCUT2D eigenvalue weighted by Gasteiger charge is 2.06. The second-order valence-corrected chi connectivity index (χ2v) is 8.11. The molecule has 0 saturated heterocycles. The number of benzene rings is 1. The molecule has 0 atom stereocenters. The molecule has 0 aromatic heterocycles. The van der Waals surface area contributed by atoms with Gasteiger partial charge in [-0.15, -0.1) is 0 Å². The molecule has 1 rings (SSSR count). The molecule has 0 aliphatic rings. The number of ether oxygens (including phenoxy) is 1. The Balaban J connectivity index is 2.31. The van der Waals surface area contributed by atoms with Gasteiger partial charge in [-0.3, -0.25) is 9.69 Å². The Morgan fingerprint density at radius 2 is 1.24 bits per heavy atom. The first-order chi connectivity index (χ1) is 14.2. The summed E-state index contributed by atoms with van der Waals surface area (Å²) < 4.78 is 5.90. The average molecular weight is 405 g/mol. The van der Waals surface area contributed by atoms with Crippen LogP contribution in [0.25, 0.3) is 0 Å². The lowest BCUT2D eigenvalue weighted by Gasteiger charge is -2.22. The molecule has 1 amide bonds. The number of hydrogen-bond acceptors (Lipinski definition) is 3. The first-order valence-corrected chi connectivity index (χ1v) is 11.9. The van der Waals surface area contributed by atoms with Gasteiger partial charge in [-0.1, -0.05) is 78.1 Å². The van der Waals surface area contributed by atoms with Gasteiger partial charge in [-0.05, 0) is 50.2 Å². The number of unbranched alkanes of at least 4 members (excludes halogenated alkanes) is 10. The van der Waals surface area contributed by atoms with Gasteiger partial charge >= 0.3 is 0 Å². The molecule has 4 nitrogen and oxygen atoms in total. The topological polar surface area (TPSA) is 55.6 Å². The molecule has 29 heavy (non-hydrogen) atoms. The van der Waals surface area contributed by atoms with Gasteiger partial charge in [-0.2, -0.15) is 0 Å².